The summed E-state index contributed by atoms with van der Waals surface area (Å²) in [5, 5.41) is 1.08. The van der Waals surface area contributed by atoms with Gasteiger partial charge in [-0.25, -0.2) is 4.98 Å². The Bertz CT molecular complexity index is 357. The number of hydrogen-bond acceptors (Lipinski definition) is 2. The predicted octanol–water partition coefficient (Wildman–Crippen LogP) is 4.31. The van der Waals surface area contributed by atoms with Gasteiger partial charge in [0.05, 0.1) is 5.01 Å². The van der Waals surface area contributed by atoms with E-state index in [1.54, 1.807) is 6.92 Å². The minimum absolute atomic E-state index is 0.109. The highest BCUT2D eigenvalue weighted by molar-refractivity contribution is 7.09. The molecule has 0 bridgehead atoms. The Labute approximate surface area is 93.3 Å². The average Bonchev–Trinajstić information content (AvgIpc) is 2.64. The van der Waals surface area contributed by atoms with Crippen molar-refractivity contribution in [3.8, 4) is 0 Å². The van der Waals surface area contributed by atoms with Gasteiger partial charge in [-0.2, -0.15) is 22.0 Å². The molecule has 0 aliphatic heterocycles. The van der Waals surface area contributed by atoms with Gasteiger partial charge in [0.1, 0.15) is 5.69 Å². The quantitative estimate of drug-likeness (QED) is 0.737. The zero-order valence-corrected chi connectivity index (χ0v) is 9.42. The first-order chi connectivity index (χ1) is 7.20. The molecular weight excluding hydrogens is 249 g/mol. The van der Waals surface area contributed by atoms with E-state index in [1.807, 2.05) is 6.92 Å². The van der Waals surface area contributed by atoms with Crippen LogP contribution in [0.4, 0.5) is 22.0 Å². The largest absolute Gasteiger partial charge is 0.459 e. The second-order valence-electron chi connectivity index (χ2n) is 3.45. The standard InChI is InChI=1S/C9H10F5NS/c1-3-5(2)7-15-6(4-16-7)8(10,11)9(12,13)14/h4-5H,3H2,1-2H3. The Balaban J connectivity index is 3.02. The highest BCUT2D eigenvalue weighted by atomic mass is 32.1. The van der Waals surface area contributed by atoms with Crippen LogP contribution in [-0.4, -0.2) is 11.2 Å². The van der Waals surface area contributed by atoms with Crippen LogP contribution in [0.25, 0.3) is 0 Å². The molecule has 0 amide bonds. The summed E-state index contributed by atoms with van der Waals surface area (Å²) in [5.74, 6) is -4.97. The molecule has 0 radical (unpaired) electrons. The molecule has 1 unspecified atom stereocenters. The fourth-order valence-electron chi connectivity index (χ4n) is 0.978. The Hall–Kier alpha value is -0.720. The molecule has 0 saturated carbocycles. The summed E-state index contributed by atoms with van der Waals surface area (Å²) in [5.41, 5.74) is -1.21. The first-order valence-corrected chi connectivity index (χ1v) is 5.48. The van der Waals surface area contributed by atoms with E-state index in [9.17, 15) is 22.0 Å². The molecule has 1 atom stereocenters. The van der Waals surface area contributed by atoms with Crippen molar-refractivity contribution in [1.29, 1.82) is 0 Å². The molecule has 1 rings (SSSR count). The van der Waals surface area contributed by atoms with E-state index in [-0.39, 0.29) is 5.92 Å². The molecule has 1 aromatic rings. The average molecular weight is 259 g/mol. The van der Waals surface area contributed by atoms with Gasteiger partial charge in [0.15, 0.2) is 0 Å². The molecule has 1 heterocycles. The lowest BCUT2D eigenvalue weighted by molar-refractivity contribution is -0.290. The van der Waals surface area contributed by atoms with Crippen molar-refractivity contribution in [2.24, 2.45) is 0 Å². The molecule has 0 aromatic carbocycles. The van der Waals surface area contributed by atoms with Gasteiger partial charge in [-0.3, -0.25) is 0 Å². The molecule has 0 N–H and O–H groups in total. The van der Waals surface area contributed by atoms with E-state index < -0.39 is 17.8 Å². The molecule has 0 aliphatic rings. The maximum Gasteiger partial charge on any atom is 0.459 e. The highest BCUT2D eigenvalue weighted by Crippen LogP contribution is 2.44. The van der Waals surface area contributed by atoms with Crippen molar-refractivity contribution >= 4 is 11.3 Å². The van der Waals surface area contributed by atoms with Crippen LogP contribution in [0, 0.1) is 0 Å². The van der Waals surface area contributed by atoms with Crippen molar-refractivity contribution in [3.05, 3.63) is 16.1 Å². The Kier molecular flexibility index (Phi) is 3.56. The topological polar surface area (TPSA) is 12.9 Å². The lowest BCUT2D eigenvalue weighted by Crippen LogP contribution is -2.34. The van der Waals surface area contributed by atoms with E-state index in [4.69, 9.17) is 0 Å². The van der Waals surface area contributed by atoms with E-state index in [2.05, 4.69) is 4.98 Å². The monoisotopic (exact) mass is 259 g/mol. The van der Waals surface area contributed by atoms with Crippen molar-refractivity contribution in [2.45, 2.75) is 38.3 Å². The number of rotatable bonds is 3. The maximum atomic E-state index is 12.9. The van der Waals surface area contributed by atoms with Crippen molar-refractivity contribution in [1.82, 2.24) is 4.98 Å². The Morgan fingerprint density at radius 2 is 1.88 bits per heavy atom. The predicted molar refractivity (Wildman–Crippen MR) is 50.8 cm³/mol. The molecule has 1 aromatic heterocycles. The fourth-order valence-corrected chi connectivity index (χ4v) is 1.96. The second kappa shape index (κ2) is 4.27. The van der Waals surface area contributed by atoms with Gasteiger partial charge in [-0.1, -0.05) is 13.8 Å². The number of nitrogens with zero attached hydrogens (tertiary/aromatic N) is 1. The van der Waals surface area contributed by atoms with Crippen LogP contribution in [0.1, 0.15) is 36.9 Å². The maximum absolute atomic E-state index is 12.9. The van der Waals surface area contributed by atoms with E-state index in [1.165, 1.54) is 0 Å². The van der Waals surface area contributed by atoms with Crippen molar-refractivity contribution in [2.75, 3.05) is 0 Å². The van der Waals surface area contributed by atoms with Gasteiger partial charge >= 0.3 is 12.1 Å². The zero-order chi connectivity index (χ0) is 12.6. The van der Waals surface area contributed by atoms with E-state index >= 15 is 0 Å². The molecule has 1 nitrogen and oxygen atoms in total. The lowest BCUT2D eigenvalue weighted by Gasteiger charge is -2.17. The van der Waals surface area contributed by atoms with Gasteiger partial charge in [0.2, 0.25) is 0 Å². The lowest BCUT2D eigenvalue weighted by atomic mass is 10.1. The fraction of sp³-hybridized carbons (Fsp3) is 0.667. The minimum Gasteiger partial charge on any atom is -0.239 e. The van der Waals surface area contributed by atoms with Gasteiger partial charge in [-0.15, -0.1) is 11.3 Å². The number of aromatic nitrogens is 1. The number of thiazole rings is 1. The number of alkyl halides is 5. The van der Waals surface area contributed by atoms with E-state index in [0.717, 1.165) is 16.7 Å². The van der Waals surface area contributed by atoms with Gasteiger partial charge in [0, 0.05) is 11.3 Å². The molecular formula is C9H10F5NS. The smallest absolute Gasteiger partial charge is 0.239 e. The summed E-state index contributed by atoms with van der Waals surface area (Å²) >= 11 is 0.834. The van der Waals surface area contributed by atoms with Crippen LogP contribution >= 0.6 is 11.3 Å². The molecule has 16 heavy (non-hydrogen) atoms. The summed E-state index contributed by atoms with van der Waals surface area (Å²) < 4.78 is 61.8. The zero-order valence-electron chi connectivity index (χ0n) is 8.61. The second-order valence-corrected chi connectivity index (χ2v) is 4.34. The van der Waals surface area contributed by atoms with Crippen LogP contribution in [0.15, 0.2) is 5.38 Å². The first kappa shape index (κ1) is 13.3. The molecule has 0 aliphatic carbocycles. The third kappa shape index (κ3) is 2.34. The highest BCUT2D eigenvalue weighted by Gasteiger charge is 2.60. The number of hydrogen-bond donors (Lipinski definition) is 0. The summed E-state index contributed by atoms with van der Waals surface area (Å²) in [6.45, 7) is 3.54. The van der Waals surface area contributed by atoms with Crippen molar-refractivity contribution in [3.63, 3.8) is 0 Å². The van der Waals surface area contributed by atoms with Gasteiger partial charge in [-0.05, 0) is 6.42 Å². The van der Waals surface area contributed by atoms with Crippen LogP contribution in [0.3, 0.4) is 0 Å². The van der Waals surface area contributed by atoms with Crippen LogP contribution in [0.5, 0.6) is 0 Å². The molecule has 7 heteroatoms. The normalized spacial score (nSPS) is 15.2. The van der Waals surface area contributed by atoms with Crippen LogP contribution in [-0.2, 0) is 5.92 Å². The summed E-state index contributed by atoms with van der Waals surface area (Å²) in [7, 11) is 0. The van der Waals surface area contributed by atoms with Gasteiger partial charge < -0.3 is 0 Å². The third-order valence-corrected chi connectivity index (χ3v) is 3.31. The SMILES string of the molecule is CCC(C)c1nc(C(F)(F)C(F)(F)F)cs1. The number of halogens is 5. The Morgan fingerprint density at radius 1 is 1.31 bits per heavy atom. The molecule has 0 fully saturated rings. The van der Waals surface area contributed by atoms with Crippen molar-refractivity contribution < 1.29 is 22.0 Å². The van der Waals surface area contributed by atoms with Gasteiger partial charge in [0.25, 0.3) is 0 Å². The summed E-state index contributed by atoms with van der Waals surface area (Å²) in [4.78, 5) is 3.37. The minimum atomic E-state index is -5.59. The first-order valence-electron chi connectivity index (χ1n) is 4.60. The summed E-state index contributed by atoms with van der Waals surface area (Å²) in [6.07, 6.45) is -4.95. The molecule has 0 saturated heterocycles. The van der Waals surface area contributed by atoms with Crippen LogP contribution in [0.2, 0.25) is 0 Å². The van der Waals surface area contributed by atoms with E-state index in [0.29, 0.717) is 11.4 Å². The third-order valence-electron chi connectivity index (χ3n) is 2.23. The molecule has 92 valence electrons. The molecule has 0 spiro atoms. The Morgan fingerprint density at radius 3 is 2.31 bits per heavy atom. The summed E-state index contributed by atoms with van der Waals surface area (Å²) in [6, 6.07) is 0. The van der Waals surface area contributed by atoms with Crippen LogP contribution < -0.4 is 0 Å².